The summed E-state index contributed by atoms with van der Waals surface area (Å²) in [6, 6.07) is 4.60. The maximum absolute atomic E-state index is 13.3. The standard InChI is InChI=1S/C16H22FNO2/c1-3-18(9-11-20-4-2)13-15-7-8-16(17)12-14(15)6-5-10-19/h7-8,12,19H,3-4,9-11,13H2,1-2H3. The Morgan fingerprint density at radius 1 is 1.35 bits per heavy atom. The molecule has 0 aliphatic carbocycles. The predicted molar refractivity (Wildman–Crippen MR) is 77.8 cm³/mol. The summed E-state index contributed by atoms with van der Waals surface area (Å²) < 4.78 is 18.6. The van der Waals surface area contributed by atoms with E-state index in [1.165, 1.54) is 12.1 Å². The number of aliphatic hydroxyl groups excluding tert-OH is 1. The van der Waals surface area contributed by atoms with E-state index < -0.39 is 0 Å². The van der Waals surface area contributed by atoms with Crippen LogP contribution < -0.4 is 0 Å². The van der Waals surface area contributed by atoms with Gasteiger partial charge in [-0.1, -0.05) is 24.8 Å². The van der Waals surface area contributed by atoms with Gasteiger partial charge in [0.2, 0.25) is 0 Å². The van der Waals surface area contributed by atoms with Crippen LogP contribution in [0.2, 0.25) is 0 Å². The highest BCUT2D eigenvalue weighted by atomic mass is 19.1. The number of nitrogens with zero attached hydrogens (tertiary/aromatic N) is 1. The van der Waals surface area contributed by atoms with Gasteiger partial charge in [0.05, 0.1) is 6.61 Å². The maximum Gasteiger partial charge on any atom is 0.124 e. The highest BCUT2D eigenvalue weighted by Gasteiger charge is 2.08. The molecule has 3 nitrogen and oxygen atoms in total. The minimum absolute atomic E-state index is 0.224. The van der Waals surface area contributed by atoms with Gasteiger partial charge in [-0.05, 0) is 31.2 Å². The first-order valence-corrected chi connectivity index (χ1v) is 6.89. The summed E-state index contributed by atoms with van der Waals surface area (Å²) in [5.41, 5.74) is 1.60. The molecular formula is C16H22FNO2. The predicted octanol–water partition coefficient (Wildman–Crippen LogP) is 2.03. The molecule has 0 saturated heterocycles. The smallest absolute Gasteiger partial charge is 0.124 e. The molecule has 0 aliphatic heterocycles. The van der Waals surface area contributed by atoms with E-state index in [4.69, 9.17) is 9.84 Å². The summed E-state index contributed by atoms with van der Waals surface area (Å²) in [6.45, 7) is 7.63. The molecule has 20 heavy (non-hydrogen) atoms. The largest absolute Gasteiger partial charge is 0.384 e. The van der Waals surface area contributed by atoms with Crippen molar-refractivity contribution in [3.05, 3.63) is 35.1 Å². The van der Waals surface area contributed by atoms with E-state index >= 15 is 0 Å². The Hall–Kier alpha value is -1.41. The lowest BCUT2D eigenvalue weighted by Gasteiger charge is -2.21. The third-order valence-corrected chi connectivity index (χ3v) is 2.97. The molecule has 1 rings (SSSR count). The highest BCUT2D eigenvalue weighted by molar-refractivity contribution is 5.41. The van der Waals surface area contributed by atoms with E-state index in [-0.39, 0.29) is 12.4 Å². The lowest BCUT2D eigenvalue weighted by atomic mass is 10.1. The number of benzene rings is 1. The van der Waals surface area contributed by atoms with Crippen LogP contribution >= 0.6 is 0 Å². The fraction of sp³-hybridized carbons (Fsp3) is 0.500. The number of likely N-dealkylation sites (N-methyl/N-ethyl adjacent to an activating group) is 1. The van der Waals surface area contributed by atoms with Crippen molar-refractivity contribution in [2.75, 3.05) is 32.9 Å². The topological polar surface area (TPSA) is 32.7 Å². The van der Waals surface area contributed by atoms with Crippen LogP contribution in [0.15, 0.2) is 18.2 Å². The lowest BCUT2D eigenvalue weighted by molar-refractivity contribution is 0.113. The molecule has 0 fully saturated rings. The van der Waals surface area contributed by atoms with Crippen LogP contribution in [0.4, 0.5) is 4.39 Å². The van der Waals surface area contributed by atoms with E-state index in [0.29, 0.717) is 25.3 Å². The third kappa shape index (κ3) is 5.70. The van der Waals surface area contributed by atoms with Crippen LogP contribution in [0, 0.1) is 17.7 Å². The Bertz CT molecular complexity index is 465. The number of rotatable bonds is 7. The minimum atomic E-state index is -0.312. The van der Waals surface area contributed by atoms with Crippen LogP contribution in [0.1, 0.15) is 25.0 Å². The number of hydrogen-bond acceptors (Lipinski definition) is 3. The Morgan fingerprint density at radius 3 is 2.80 bits per heavy atom. The van der Waals surface area contributed by atoms with E-state index in [9.17, 15) is 4.39 Å². The van der Waals surface area contributed by atoms with Crippen molar-refractivity contribution in [3.63, 3.8) is 0 Å². The Labute approximate surface area is 120 Å². The zero-order valence-electron chi connectivity index (χ0n) is 12.2. The molecule has 0 amide bonds. The SMILES string of the molecule is CCOCCN(CC)Cc1ccc(F)cc1C#CCO. The second kappa shape index (κ2) is 9.49. The first-order valence-electron chi connectivity index (χ1n) is 6.89. The molecule has 110 valence electrons. The van der Waals surface area contributed by atoms with Gasteiger partial charge in [0.1, 0.15) is 12.4 Å². The number of hydrogen-bond donors (Lipinski definition) is 1. The molecule has 0 aromatic heterocycles. The van der Waals surface area contributed by atoms with Gasteiger partial charge in [0.15, 0.2) is 0 Å². The van der Waals surface area contributed by atoms with Gasteiger partial charge in [-0.25, -0.2) is 4.39 Å². The first kappa shape index (κ1) is 16.6. The molecule has 0 spiro atoms. The first-order chi connectivity index (χ1) is 9.71. The Kier molecular flexibility index (Phi) is 7.89. The van der Waals surface area contributed by atoms with Crippen LogP contribution in [0.3, 0.4) is 0 Å². The van der Waals surface area contributed by atoms with Gasteiger partial charge in [0.25, 0.3) is 0 Å². The summed E-state index contributed by atoms with van der Waals surface area (Å²) in [4.78, 5) is 2.22. The summed E-state index contributed by atoms with van der Waals surface area (Å²) >= 11 is 0. The fourth-order valence-electron chi connectivity index (χ4n) is 1.87. The van der Waals surface area contributed by atoms with Crippen LogP contribution in [0.25, 0.3) is 0 Å². The van der Waals surface area contributed by atoms with Crippen molar-refractivity contribution >= 4 is 0 Å². The number of halogens is 1. The molecule has 1 N–H and O–H groups in total. The highest BCUT2D eigenvalue weighted by Crippen LogP contribution is 2.13. The van der Waals surface area contributed by atoms with Gasteiger partial charge in [-0.3, -0.25) is 4.90 Å². The van der Waals surface area contributed by atoms with E-state index in [1.807, 2.05) is 6.92 Å². The summed E-state index contributed by atoms with van der Waals surface area (Å²) in [5, 5.41) is 8.76. The van der Waals surface area contributed by atoms with Crippen molar-refractivity contribution in [1.29, 1.82) is 0 Å². The van der Waals surface area contributed by atoms with Gasteiger partial charge in [-0.2, -0.15) is 0 Å². The minimum Gasteiger partial charge on any atom is -0.384 e. The second-order valence-electron chi connectivity index (χ2n) is 4.33. The molecule has 0 saturated carbocycles. The number of ether oxygens (including phenoxy) is 1. The van der Waals surface area contributed by atoms with E-state index in [1.54, 1.807) is 6.07 Å². The molecule has 0 radical (unpaired) electrons. The molecule has 0 atom stereocenters. The van der Waals surface area contributed by atoms with Gasteiger partial charge in [-0.15, -0.1) is 0 Å². The molecule has 0 heterocycles. The van der Waals surface area contributed by atoms with Crippen molar-refractivity contribution in [2.24, 2.45) is 0 Å². The van der Waals surface area contributed by atoms with E-state index in [0.717, 1.165) is 18.7 Å². The normalized spacial score (nSPS) is 10.4. The van der Waals surface area contributed by atoms with Gasteiger partial charge >= 0.3 is 0 Å². The Balaban J connectivity index is 2.78. The van der Waals surface area contributed by atoms with Crippen molar-refractivity contribution < 1.29 is 14.2 Å². The molecule has 1 aromatic rings. The van der Waals surface area contributed by atoms with Crippen LogP contribution in [0.5, 0.6) is 0 Å². The van der Waals surface area contributed by atoms with Crippen molar-refractivity contribution in [2.45, 2.75) is 20.4 Å². The zero-order valence-corrected chi connectivity index (χ0v) is 12.2. The average molecular weight is 279 g/mol. The Morgan fingerprint density at radius 2 is 2.15 bits per heavy atom. The molecule has 1 aromatic carbocycles. The third-order valence-electron chi connectivity index (χ3n) is 2.97. The van der Waals surface area contributed by atoms with Crippen molar-refractivity contribution in [3.8, 4) is 11.8 Å². The molecule has 0 bridgehead atoms. The fourth-order valence-corrected chi connectivity index (χ4v) is 1.87. The summed E-state index contributed by atoms with van der Waals surface area (Å²) in [7, 11) is 0. The quantitative estimate of drug-likeness (QED) is 0.612. The van der Waals surface area contributed by atoms with Crippen LogP contribution in [-0.4, -0.2) is 42.9 Å². The van der Waals surface area contributed by atoms with Gasteiger partial charge in [0, 0.05) is 25.3 Å². The lowest BCUT2D eigenvalue weighted by Crippen LogP contribution is -2.27. The van der Waals surface area contributed by atoms with Gasteiger partial charge < -0.3 is 9.84 Å². The molecule has 4 heteroatoms. The monoisotopic (exact) mass is 279 g/mol. The zero-order chi connectivity index (χ0) is 14.8. The van der Waals surface area contributed by atoms with E-state index in [2.05, 4.69) is 23.7 Å². The maximum atomic E-state index is 13.3. The molecule has 0 unspecified atom stereocenters. The average Bonchev–Trinajstić information content (AvgIpc) is 2.46. The number of aliphatic hydroxyl groups is 1. The molecular weight excluding hydrogens is 257 g/mol. The van der Waals surface area contributed by atoms with Crippen molar-refractivity contribution in [1.82, 2.24) is 4.90 Å². The second-order valence-corrected chi connectivity index (χ2v) is 4.33. The van der Waals surface area contributed by atoms with Crippen LogP contribution in [-0.2, 0) is 11.3 Å². The summed E-state index contributed by atoms with van der Waals surface area (Å²) in [6.07, 6.45) is 0. The summed E-state index contributed by atoms with van der Waals surface area (Å²) in [5.74, 6) is 5.06. The molecule has 0 aliphatic rings.